The van der Waals surface area contributed by atoms with Gasteiger partial charge in [0.25, 0.3) is 0 Å². The topological polar surface area (TPSA) is 72.7 Å². The van der Waals surface area contributed by atoms with Crippen LogP contribution in [0.5, 0.6) is 0 Å². The molecule has 0 spiro atoms. The van der Waals surface area contributed by atoms with Crippen LogP contribution in [0.3, 0.4) is 0 Å². The minimum Gasteiger partial charge on any atom is -0.326 e. The van der Waals surface area contributed by atoms with Crippen LogP contribution in [0.25, 0.3) is 10.6 Å². The Balaban J connectivity index is 1.34. The summed E-state index contributed by atoms with van der Waals surface area (Å²) < 4.78 is 1.86. The summed E-state index contributed by atoms with van der Waals surface area (Å²) in [5.74, 6) is -0.0816. The summed E-state index contributed by atoms with van der Waals surface area (Å²) >= 11 is 3.08. The molecule has 0 bridgehead atoms. The minimum atomic E-state index is -0.0816. The Morgan fingerprint density at radius 1 is 1.13 bits per heavy atom. The highest BCUT2D eigenvalue weighted by atomic mass is 32.2. The first-order valence-corrected chi connectivity index (χ1v) is 11.3. The summed E-state index contributed by atoms with van der Waals surface area (Å²) in [5.41, 5.74) is 3.92. The third-order valence-corrected chi connectivity index (χ3v) is 6.52. The van der Waals surface area contributed by atoms with E-state index in [0.717, 1.165) is 38.4 Å². The van der Waals surface area contributed by atoms with Crippen LogP contribution in [-0.4, -0.2) is 25.7 Å². The van der Waals surface area contributed by atoms with Crippen molar-refractivity contribution in [2.24, 2.45) is 7.05 Å². The van der Waals surface area contributed by atoms with Crippen molar-refractivity contribution in [2.75, 3.05) is 5.32 Å². The second-order valence-electron chi connectivity index (χ2n) is 6.77. The van der Waals surface area contributed by atoms with Crippen molar-refractivity contribution in [3.05, 3.63) is 71.5 Å². The van der Waals surface area contributed by atoms with E-state index in [9.17, 15) is 4.79 Å². The Bertz CT molecular complexity index is 1130. The summed E-state index contributed by atoms with van der Waals surface area (Å²) in [7, 11) is 1.90. The number of anilines is 1. The lowest BCUT2D eigenvalue weighted by molar-refractivity contribution is -0.115. The molecule has 0 atom stereocenters. The second kappa shape index (κ2) is 9.23. The highest BCUT2D eigenvalue weighted by Gasteiger charge is 2.10. The van der Waals surface area contributed by atoms with E-state index in [1.165, 1.54) is 17.3 Å². The number of aryl methyl sites for hydroxylation is 2. The van der Waals surface area contributed by atoms with Gasteiger partial charge in [0.05, 0.1) is 12.1 Å². The average molecular weight is 436 g/mol. The average Bonchev–Trinajstić information content (AvgIpc) is 3.38. The van der Waals surface area contributed by atoms with Crippen molar-refractivity contribution in [1.82, 2.24) is 19.7 Å². The smallest absolute Gasteiger partial charge is 0.230 e. The summed E-state index contributed by atoms with van der Waals surface area (Å²) in [4.78, 5) is 18.1. The molecular weight excluding hydrogens is 414 g/mol. The van der Waals surface area contributed by atoms with Crippen LogP contribution in [-0.2, 0) is 24.7 Å². The number of nitrogens with one attached hydrogen (secondary N) is 1. The van der Waals surface area contributed by atoms with Crippen LogP contribution in [0.4, 0.5) is 5.69 Å². The first-order valence-electron chi connectivity index (χ1n) is 9.56. The SMILES string of the molecule is CCc1ccc(-c2nc(CC(=O)Nc3ccc(Sc4nncn4C)cc3)cs2)cc1. The third-order valence-electron chi connectivity index (χ3n) is 4.52. The molecule has 4 aromatic rings. The summed E-state index contributed by atoms with van der Waals surface area (Å²) in [6.45, 7) is 2.14. The Hall–Kier alpha value is -2.97. The molecule has 2 aromatic heterocycles. The van der Waals surface area contributed by atoms with Crippen LogP contribution < -0.4 is 5.32 Å². The van der Waals surface area contributed by atoms with Crippen LogP contribution in [0, 0.1) is 0 Å². The van der Waals surface area contributed by atoms with Gasteiger partial charge in [-0.1, -0.05) is 31.2 Å². The first kappa shape index (κ1) is 20.3. The van der Waals surface area contributed by atoms with E-state index in [4.69, 9.17) is 0 Å². The lowest BCUT2D eigenvalue weighted by Gasteiger charge is -2.06. The van der Waals surface area contributed by atoms with Gasteiger partial charge in [0.15, 0.2) is 5.16 Å². The first-order chi connectivity index (χ1) is 14.6. The summed E-state index contributed by atoms with van der Waals surface area (Å²) in [6.07, 6.45) is 2.93. The minimum absolute atomic E-state index is 0.0816. The number of carbonyl (C=O) groups is 1. The van der Waals surface area contributed by atoms with E-state index < -0.39 is 0 Å². The zero-order chi connectivity index (χ0) is 20.9. The molecule has 6 nitrogen and oxygen atoms in total. The largest absolute Gasteiger partial charge is 0.326 e. The van der Waals surface area contributed by atoms with Gasteiger partial charge in [-0.3, -0.25) is 4.79 Å². The number of carbonyl (C=O) groups excluding carboxylic acids is 1. The standard InChI is InChI=1S/C22H21N5OS2/c1-3-15-4-6-16(7-5-15)21-25-18(13-29-21)12-20(28)24-17-8-10-19(11-9-17)30-22-26-23-14-27(22)2/h4-11,13-14H,3,12H2,1-2H3,(H,24,28). The highest BCUT2D eigenvalue weighted by Crippen LogP contribution is 2.27. The summed E-state index contributed by atoms with van der Waals surface area (Å²) in [6, 6.07) is 16.1. The van der Waals surface area contributed by atoms with Crippen LogP contribution in [0.2, 0.25) is 0 Å². The van der Waals surface area contributed by atoms with Crippen molar-refractivity contribution in [1.29, 1.82) is 0 Å². The van der Waals surface area contributed by atoms with Gasteiger partial charge in [0, 0.05) is 28.6 Å². The molecule has 0 saturated carbocycles. The van der Waals surface area contributed by atoms with Gasteiger partial charge < -0.3 is 9.88 Å². The van der Waals surface area contributed by atoms with E-state index in [1.807, 2.05) is 41.3 Å². The number of hydrogen-bond acceptors (Lipinski definition) is 6. The summed E-state index contributed by atoms with van der Waals surface area (Å²) in [5, 5.41) is 14.6. The van der Waals surface area contributed by atoms with E-state index in [-0.39, 0.29) is 12.3 Å². The van der Waals surface area contributed by atoms with Gasteiger partial charge >= 0.3 is 0 Å². The molecule has 8 heteroatoms. The lowest BCUT2D eigenvalue weighted by Crippen LogP contribution is -2.14. The molecule has 2 heterocycles. The highest BCUT2D eigenvalue weighted by molar-refractivity contribution is 7.99. The number of amides is 1. The van der Waals surface area contributed by atoms with Gasteiger partial charge in [0.1, 0.15) is 11.3 Å². The van der Waals surface area contributed by atoms with Gasteiger partial charge in [-0.2, -0.15) is 0 Å². The van der Waals surface area contributed by atoms with E-state index in [0.29, 0.717) is 0 Å². The molecule has 0 unspecified atom stereocenters. The van der Waals surface area contributed by atoms with Crippen molar-refractivity contribution in [2.45, 2.75) is 29.8 Å². The lowest BCUT2D eigenvalue weighted by atomic mass is 10.1. The fourth-order valence-corrected chi connectivity index (χ4v) is 4.44. The zero-order valence-corrected chi connectivity index (χ0v) is 18.3. The molecule has 1 amide bonds. The van der Waals surface area contributed by atoms with Gasteiger partial charge in [-0.15, -0.1) is 21.5 Å². The molecular formula is C22H21N5OS2. The third kappa shape index (κ3) is 4.95. The van der Waals surface area contributed by atoms with E-state index in [2.05, 4.69) is 51.7 Å². The quantitative estimate of drug-likeness (QED) is 0.450. The maximum atomic E-state index is 12.4. The predicted molar refractivity (Wildman–Crippen MR) is 121 cm³/mol. The molecule has 4 rings (SSSR count). The predicted octanol–water partition coefficient (Wildman–Crippen LogP) is 4.83. The Morgan fingerprint density at radius 3 is 2.57 bits per heavy atom. The molecule has 2 aromatic carbocycles. The van der Waals surface area contributed by atoms with Crippen molar-refractivity contribution in [3.8, 4) is 10.6 Å². The van der Waals surface area contributed by atoms with E-state index in [1.54, 1.807) is 17.7 Å². The maximum Gasteiger partial charge on any atom is 0.230 e. The maximum absolute atomic E-state index is 12.4. The van der Waals surface area contributed by atoms with Crippen molar-refractivity contribution < 1.29 is 4.79 Å². The molecule has 0 aliphatic rings. The fraction of sp³-hybridized carbons (Fsp3) is 0.182. The number of rotatable bonds is 7. The number of benzene rings is 2. The number of thiazole rings is 1. The van der Waals surface area contributed by atoms with Crippen LogP contribution in [0.1, 0.15) is 18.2 Å². The Kier molecular flexibility index (Phi) is 6.25. The van der Waals surface area contributed by atoms with Gasteiger partial charge in [0.2, 0.25) is 5.91 Å². The molecule has 0 aliphatic carbocycles. The molecule has 30 heavy (non-hydrogen) atoms. The molecule has 0 saturated heterocycles. The second-order valence-corrected chi connectivity index (χ2v) is 8.67. The van der Waals surface area contributed by atoms with Crippen LogP contribution >= 0.6 is 23.1 Å². The monoisotopic (exact) mass is 435 g/mol. The van der Waals surface area contributed by atoms with Crippen molar-refractivity contribution in [3.63, 3.8) is 0 Å². The van der Waals surface area contributed by atoms with Gasteiger partial charge in [-0.25, -0.2) is 4.98 Å². The molecule has 152 valence electrons. The molecule has 1 N–H and O–H groups in total. The van der Waals surface area contributed by atoms with E-state index >= 15 is 0 Å². The normalized spacial score (nSPS) is 10.9. The molecule has 0 fully saturated rings. The zero-order valence-electron chi connectivity index (χ0n) is 16.7. The fourth-order valence-electron chi connectivity index (χ4n) is 2.85. The number of nitrogens with zero attached hydrogens (tertiary/aromatic N) is 4. The molecule has 0 aliphatic heterocycles. The number of aromatic nitrogens is 4. The number of hydrogen-bond donors (Lipinski definition) is 1. The molecule has 0 radical (unpaired) electrons. The van der Waals surface area contributed by atoms with Crippen molar-refractivity contribution >= 4 is 34.7 Å². The Labute approximate surface area is 183 Å². The van der Waals surface area contributed by atoms with Gasteiger partial charge in [-0.05, 0) is 48.0 Å². The van der Waals surface area contributed by atoms with Crippen LogP contribution in [0.15, 0.2) is 70.3 Å². The Morgan fingerprint density at radius 2 is 1.90 bits per heavy atom.